The Morgan fingerprint density at radius 1 is 1.37 bits per heavy atom. The van der Waals surface area contributed by atoms with Crippen LogP contribution in [0.2, 0.25) is 0 Å². The van der Waals surface area contributed by atoms with Gasteiger partial charge in [-0.2, -0.15) is 8.78 Å². The van der Waals surface area contributed by atoms with Gasteiger partial charge in [0.25, 0.3) is 5.91 Å². The fraction of sp³-hybridized carbons (Fsp3) is 0.364. The van der Waals surface area contributed by atoms with Crippen LogP contribution >= 0.6 is 0 Å². The van der Waals surface area contributed by atoms with Gasteiger partial charge in [0.1, 0.15) is 11.6 Å². The summed E-state index contributed by atoms with van der Waals surface area (Å²) in [6, 6.07) is 4.29. The van der Waals surface area contributed by atoms with Crippen molar-refractivity contribution in [2.45, 2.75) is 31.4 Å². The Morgan fingerprint density at radius 2 is 2.13 bits per heavy atom. The first-order valence-electron chi connectivity index (χ1n) is 9.59. The van der Waals surface area contributed by atoms with E-state index in [2.05, 4.69) is 21.6 Å². The summed E-state index contributed by atoms with van der Waals surface area (Å²) in [6.45, 7) is -2.94. The Labute approximate surface area is 172 Å². The van der Waals surface area contributed by atoms with Gasteiger partial charge in [-0.15, -0.1) is 0 Å². The molecule has 1 aromatic rings. The second-order valence-electron chi connectivity index (χ2n) is 7.53. The van der Waals surface area contributed by atoms with Crippen molar-refractivity contribution in [3.05, 3.63) is 59.1 Å². The topological polar surface area (TPSA) is 67.9 Å². The molecule has 1 heterocycles. The second-order valence-corrected chi connectivity index (χ2v) is 7.53. The molecule has 4 rings (SSSR count). The van der Waals surface area contributed by atoms with Crippen LogP contribution in [0.5, 0.6) is 0 Å². The van der Waals surface area contributed by atoms with Gasteiger partial charge in [0.05, 0.1) is 5.56 Å². The molecule has 3 aliphatic rings. The number of hydrogen-bond acceptors (Lipinski definition) is 4. The molecule has 5 nitrogen and oxygen atoms in total. The van der Waals surface area contributed by atoms with Crippen molar-refractivity contribution in [1.29, 1.82) is 0 Å². The summed E-state index contributed by atoms with van der Waals surface area (Å²) >= 11 is 0. The summed E-state index contributed by atoms with van der Waals surface area (Å²) in [5.41, 5.74) is 5.14. The van der Waals surface area contributed by atoms with Gasteiger partial charge in [0.15, 0.2) is 11.5 Å². The molecule has 0 bridgehead atoms. The van der Waals surface area contributed by atoms with E-state index < -0.39 is 23.9 Å². The predicted octanol–water partition coefficient (Wildman–Crippen LogP) is 3.27. The van der Waals surface area contributed by atoms with Crippen LogP contribution in [0, 0.1) is 29.5 Å². The van der Waals surface area contributed by atoms with E-state index in [9.17, 15) is 18.0 Å². The van der Waals surface area contributed by atoms with Crippen LogP contribution in [0.25, 0.3) is 0 Å². The van der Waals surface area contributed by atoms with Crippen LogP contribution in [0.3, 0.4) is 0 Å². The number of alkyl halides is 2. The quantitative estimate of drug-likeness (QED) is 0.768. The standard InChI is InChI=1S/C22H20F3N3O2/c1-28-19(29)22(27-21(28)26,15-6-9-17(10-7-15)30-20(24)25)16-8-11-18(23)14(12-16)5-4-13-2-3-13/h6,8-13,15,20H,2-3,7H2,1H3,(H2,26,27)/t15?,22-/m1/s1. The lowest BCUT2D eigenvalue weighted by Gasteiger charge is -2.33. The summed E-state index contributed by atoms with van der Waals surface area (Å²) in [6.07, 6.45) is 6.69. The van der Waals surface area contributed by atoms with Crippen molar-refractivity contribution in [3.8, 4) is 11.8 Å². The molecule has 2 atom stereocenters. The minimum atomic E-state index is -2.94. The molecular formula is C22H20F3N3O2. The Kier molecular flexibility index (Phi) is 5.06. The van der Waals surface area contributed by atoms with Crippen LogP contribution in [-0.2, 0) is 15.1 Å². The number of ether oxygens (including phenoxy) is 1. The van der Waals surface area contributed by atoms with Gasteiger partial charge in [-0.05, 0) is 49.1 Å². The fourth-order valence-corrected chi connectivity index (χ4v) is 3.67. The first kappa shape index (κ1) is 20.1. The number of likely N-dealkylation sites (N-methyl/N-ethyl adjacent to an activating group) is 1. The number of guanidine groups is 1. The number of carbonyl (C=O) groups is 1. The number of benzene rings is 1. The van der Waals surface area contributed by atoms with Crippen LogP contribution in [-0.4, -0.2) is 30.4 Å². The Balaban J connectivity index is 1.75. The van der Waals surface area contributed by atoms with Crippen molar-refractivity contribution in [2.75, 3.05) is 7.05 Å². The zero-order valence-electron chi connectivity index (χ0n) is 16.2. The largest absolute Gasteiger partial charge is 0.435 e. The zero-order chi connectivity index (χ0) is 21.5. The average Bonchev–Trinajstić information content (AvgIpc) is 3.51. The molecule has 1 aliphatic heterocycles. The lowest BCUT2D eigenvalue weighted by Crippen LogP contribution is -2.44. The summed E-state index contributed by atoms with van der Waals surface area (Å²) in [7, 11) is 1.51. The third kappa shape index (κ3) is 3.56. The molecule has 1 aromatic carbocycles. The van der Waals surface area contributed by atoms with Gasteiger partial charge in [0.2, 0.25) is 0 Å². The first-order chi connectivity index (χ1) is 14.3. The molecule has 2 aliphatic carbocycles. The van der Waals surface area contributed by atoms with Crippen molar-refractivity contribution < 1.29 is 22.7 Å². The van der Waals surface area contributed by atoms with Gasteiger partial charge in [-0.25, -0.2) is 9.38 Å². The molecule has 1 unspecified atom stereocenters. The highest BCUT2D eigenvalue weighted by molar-refractivity contribution is 6.07. The maximum atomic E-state index is 14.3. The molecule has 0 radical (unpaired) electrons. The van der Waals surface area contributed by atoms with E-state index in [1.165, 1.54) is 42.3 Å². The summed E-state index contributed by atoms with van der Waals surface area (Å²) < 4.78 is 43.8. The van der Waals surface area contributed by atoms with Crippen LogP contribution in [0.15, 0.2) is 47.2 Å². The lowest BCUT2D eigenvalue weighted by atomic mass is 9.74. The number of aliphatic imine (C=N–C) groups is 1. The highest BCUT2D eigenvalue weighted by atomic mass is 19.3. The maximum absolute atomic E-state index is 14.3. The molecule has 2 N–H and O–H groups in total. The van der Waals surface area contributed by atoms with E-state index in [1.807, 2.05) is 0 Å². The molecule has 30 heavy (non-hydrogen) atoms. The second kappa shape index (κ2) is 7.56. The summed E-state index contributed by atoms with van der Waals surface area (Å²) in [5, 5.41) is 0. The molecule has 0 aromatic heterocycles. The molecule has 1 fully saturated rings. The minimum absolute atomic E-state index is 0.0160. The van der Waals surface area contributed by atoms with E-state index >= 15 is 0 Å². The van der Waals surface area contributed by atoms with Crippen molar-refractivity contribution in [2.24, 2.45) is 22.6 Å². The Hall–Kier alpha value is -3.21. The smallest absolute Gasteiger partial charge is 0.387 e. The highest BCUT2D eigenvalue weighted by Gasteiger charge is 2.52. The molecule has 0 saturated heterocycles. The van der Waals surface area contributed by atoms with Crippen LogP contribution in [0.1, 0.15) is 30.4 Å². The molecule has 156 valence electrons. The van der Waals surface area contributed by atoms with E-state index in [4.69, 9.17) is 5.73 Å². The summed E-state index contributed by atoms with van der Waals surface area (Å²) in [5.74, 6) is 4.83. The highest BCUT2D eigenvalue weighted by Crippen LogP contribution is 2.44. The SMILES string of the molecule is CN1C(=O)[C@](c2ccc(F)c(C#CC3CC3)c2)(C2C=CC(OC(F)F)=CC2)N=C1N. The number of rotatable bonds is 4. The Morgan fingerprint density at radius 3 is 2.70 bits per heavy atom. The van der Waals surface area contributed by atoms with Gasteiger partial charge < -0.3 is 10.5 Å². The van der Waals surface area contributed by atoms with E-state index in [0.29, 0.717) is 5.56 Å². The normalized spacial score (nSPS) is 25.7. The average molecular weight is 415 g/mol. The van der Waals surface area contributed by atoms with Gasteiger partial charge in [-0.3, -0.25) is 9.69 Å². The molecule has 8 heteroatoms. The minimum Gasteiger partial charge on any atom is -0.435 e. The molecular weight excluding hydrogens is 395 g/mol. The third-order valence-corrected chi connectivity index (χ3v) is 5.49. The fourth-order valence-electron chi connectivity index (χ4n) is 3.67. The molecule has 1 amide bonds. The molecule has 0 spiro atoms. The maximum Gasteiger partial charge on any atom is 0.387 e. The van der Waals surface area contributed by atoms with Crippen molar-refractivity contribution in [1.82, 2.24) is 4.90 Å². The number of halogens is 3. The van der Waals surface area contributed by atoms with Crippen molar-refractivity contribution >= 4 is 11.9 Å². The van der Waals surface area contributed by atoms with Crippen LogP contribution < -0.4 is 5.73 Å². The number of nitrogens with two attached hydrogens (primary N) is 1. The first-order valence-corrected chi connectivity index (χ1v) is 9.59. The zero-order valence-corrected chi connectivity index (χ0v) is 16.2. The number of amides is 1. The monoisotopic (exact) mass is 415 g/mol. The lowest BCUT2D eigenvalue weighted by molar-refractivity contribution is -0.132. The third-order valence-electron chi connectivity index (χ3n) is 5.49. The number of nitrogens with zero attached hydrogens (tertiary/aromatic N) is 2. The predicted molar refractivity (Wildman–Crippen MR) is 104 cm³/mol. The van der Waals surface area contributed by atoms with Crippen molar-refractivity contribution in [3.63, 3.8) is 0 Å². The number of hydrogen-bond donors (Lipinski definition) is 1. The van der Waals surface area contributed by atoms with Crippen LogP contribution in [0.4, 0.5) is 13.2 Å². The summed E-state index contributed by atoms with van der Waals surface area (Å²) in [4.78, 5) is 19.0. The van der Waals surface area contributed by atoms with E-state index in [-0.39, 0.29) is 35.5 Å². The molecule has 1 saturated carbocycles. The van der Waals surface area contributed by atoms with Gasteiger partial charge >= 0.3 is 6.61 Å². The number of carbonyl (C=O) groups excluding carboxylic acids is 1. The van der Waals surface area contributed by atoms with E-state index in [0.717, 1.165) is 12.8 Å². The van der Waals surface area contributed by atoms with E-state index in [1.54, 1.807) is 6.08 Å². The Bertz CT molecular complexity index is 1030. The van der Waals surface area contributed by atoms with Gasteiger partial charge in [0, 0.05) is 18.9 Å². The van der Waals surface area contributed by atoms with Gasteiger partial charge in [-0.1, -0.05) is 24.0 Å². The number of allylic oxidation sites excluding steroid dienone is 2.